The van der Waals surface area contributed by atoms with Crippen LogP contribution in [0.25, 0.3) is 11.0 Å². The van der Waals surface area contributed by atoms with E-state index in [0.717, 1.165) is 27.8 Å². The second-order valence-electron chi connectivity index (χ2n) is 5.38. The average molecular weight is 297 g/mol. The van der Waals surface area contributed by atoms with Crippen molar-refractivity contribution in [2.45, 2.75) is 20.4 Å². The zero-order chi connectivity index (χ0) is 15.7. The lowest BCUT2D eigenvalue weighted by Gasteiger charge is -2.10. The minimum Gasteiger partial charge on any atom is -0.423 e. The lowest BCUT2D eigenvalue weighted by atomic mass is 10.0. The molecule has 0 saturated carbocycles. The summed E-state index contributed by atoms with van der Waals surface area (Å²) in [7, 11) is 0. The van der Waals surface area contributed by atoms with E-state index in [-0.39, 0.29) is 11.4 Å². The van der Waals surface area contributed by atoms with Crippen LogP contribution >= 0.6 is 0 Å². The highest BCUT2D eigenvalue weighted by Gasteiger charge is 2.07. The molecule has 1 aromatic heterocycles. The minimum atomic E-state index is -0.369. The maximum Gasteiger partial charge on any atom is 0.336 e. The number of fused-ring (bicyclic) bond motifs is 1. The Balaban J connectivity index is 1.97. The van der Waals surface area contributed by atoms with Crippen molar-refractivity contribution < 1.29 is 8.81 Å². The predicted octanol–water partition coefficient (Wildman–Crippen LogP) is 4.16. The van der Waals surface area contributed by atoms with Crippen LogP contribution in [0.3, 0.4) is 0 Å². The molecule has 0 aliphatic carbocycles. The topological polar surface area (TPSA) is 42.2 Å². The summed E-state index contributed by atoms with van der Waals surface area (Å²) in [5.41, 5.74) is 4.10. The van der Waals surface area contributed by atoms with Crippen molar-refractivity contribution in [2.75, 3.05) is 5.32 Å². The Kier molecular flexibility index (Phi) is 3.67. The fourth-order valence-electron chi connectivity index (χ4n) is 2.39. The Morgan fingerprint density at radius 1 is 1.05 bits per heavy atom. The van der Waals surface area contributed by atoms with Crippen molar-refractivity contribution in [3.63, 3.8) is 0 Å². The number of halogens is 1. The third-order valence-electron chi connectivity index (χ3n) is 3.77. The summed E-state index contributed by atoms with van der Waals surface area (Å²) in [6, 6.07) is 11.5. The van der Waals surface area contributed by atoms with Crippen molar-refractivity contribution in [1.29, 1.82) is 0 Å². The van der Waals surface area contributed by atoms with Crippen molar-refractivity contribution in [3.8, 4) is 0 Å². The van der Waals surface area contributed by atoms with E-state index in [4.69, 9.17) is 4.42 Å². The van der Waals surface area contributed by atoms with Crippen LogP contribution in [0.1, 0.15) is 16.7 Å². The van der Waals surface area contributed by atoms with E-state index in [1.54, 1.807) is 12.1 Å². The first-order valence-corrected chi connectivity index (χ1v) is 7.06. The molecular formula is C18H16FNO2. The second-order valence-corrected chi connectivity index (χ2v) is 5.38. The lowest BCUT2D eigenvalue weighted by Crippen LogP contribution is -2.06. The van der Waals surface area contributed by atoms with Crippen LogP contribution in [0, 0.1) is 19.7 Å². The van der Waals surface area contributed by atoms with Crippen LogP contribution in [0.15, 0.2) is 51.7 Å². The van der Waals surface area contributed by atoms with E-state index in [0.29, 0.717) is 12.1 Å². The van der Waals surface area contributed by atoms with Crippen LogP contribution < -0.4 is 10.9 Å². The molecule has 112 valence electrons. The molecule has 3 nitrogen and oxygen atoms in total. The molecule has 0 amide bonds. The molecule has 0 bridgehead atoms. The Labute approximate surface area is 127 Å². The molecule has 22 heavy (non-hydrogen) atoms. The number of hydrogen-bond acceptors (Lipinski definition) is 3. The molecule has 0 atom stereocenters. The molecule has 0 saturated heterocycles. The second kappa shape index (κ2) is 5.64. The highest BCUT2D eigenvalue weighted by molar-refractivity contribution is 5.82. The highest BCUT2D eigenvalue weighted by Crippen LogP contribution is 2.22. The van der Waals surface area contributed by atoms with E-state index in [1.807, 2.05) is 26.0 Å². The monoisotopic (exact) mass is 297 g/mol. The molecule has 0 unspecified atom stereocenters. The van der Waals surface area contributed by atoms with E-state index in [2.05, 4.69) is 5.32 Å². The van der Waals surface area contributed by atoms with Gasteiger partial charge in [0, 0.05) is 23.7 Å². The van der Waals surface area contributed by atoms with Gasteiger partial charge in [-0.05, 0) is 66.9 Å². The number of anilines is 1. The molecule has 2 aromatic carbocycles. The standard InChI is InChI=1S/C18H16FNO2/c1-11-7-16-13(9-18(21)22-17(16)8-12(11)2)10-20-15-5-3-14(19)4-6-15/h3-9,20H,10H2,1-2H3. The van der Waals surface area contributed by atoms with Gasteiger partial charge in [0.25, 0.3) is 0 Å². The largest absolute Gasteiger partial charge is 0.423 e. The summed E-state index contributed by atoms with van der Waals surface area (Å²) in [6.07, 6.45) is 0. The van der Waals surface area contributed by atoms with E-state index in [9.17, 15) is 9.18 Å². The zero-order valence-electron chi connectivity index (χ0n) is 12.4. The van der Waals surface area contributed by atoms with Crippen LogP contribution in [-0.2, 0) is 6.54 Å². The van der Waals surface area contributed by atoms with Crippen molar-refractivity contribution >= 4 is 16.7 Å². The summed E-state index contributed by atoms with van der Waals surface area (Å²) in [5, 5.41) is 4.11. The maximum atomic E-state index is 12.9. The molecule has 3 aromatic rings. The average Bonchev–Trinajstić information content (AvgIpc) is 2.48. The van der Waals surface area contributed by atoms with Gasteiger partial charge < -0.3 is 9.73 Å². The highest BCUT2D eigenvalue weighted by atomic mass is 19.1. The smallest absolute Gasteiger partial charge is 0.336 e. The van der Waals surface area contributed by atoms with Gasteiger partial charge in [0.15, 0.2) is 0 Å². The summed E-state index contributed by atoms with van der Waals surface area (Å²) < 4.78 is 18.2. The summed E-state index contributed by atoms with van der Waals surface area (Å²) >= 11 is 0. The molecule has 1 heterocycles. The number of benzene rings is 2. The molecule has 1 N–H and O–H groups in total. The molecule has 0 aliphatic heterocycles. The molecule has 0 radical (unpaired) electrons. The van der Waals surface area contributed by atoms with Gasteiger partial charge in [-0.15, -0.1) is 0 Å². The molecule has 3 rings (SSSR count). The molecule has 4 heteroatoms. The van der Waals surface area contributed by atoms with Crippen molar-refractivity contribution in [1.82, 2.24) is 0 Å². The number of nitrogens with one attached hydrogen (secondary N) is 1. The van der Waals surface area contributed by atoms with E-state index in [1.165, 1.54) is 18.2 Å². The van der Waals surface area contributed by atoms with Gasteiger partial charge in [-0.2, -0.15) is 0 Å². The van der Waals surface area contributed by atoms with Gasteiger partial charge in [0.05, 0.1) is 0 Å². The Hall–Kier alpha value is -2.62. The summed E-state index contributed by atoms with van der Waals surface area (Å²) in [6.45, 7) is 4.48. The molecule has 0 fully saturated rings. The van der Waals surface area contributed by atoms with Gasteiger partial charge in [0.1, 0.15) is 11.4 Å². The predicted molar refractivity (Wildman–Crippen MR) is 85.7 cm³/mol. The first-order valence-electron chi connectivity index (χ1n) is 7.06. The van der Waals surface area contributed by atoms with Gasteiger partial charge in [-0.3, -0.25) is 0 Å². The quantitative estimate of drug-likeness (QED) is 0.738. The zero-order valence-corrected chi connectivity index (χ0v) is 12.4. The normalized spacial score (nSPS) is 10.9. The number of aryl methyl sites for hydroxylation is 2. The third-order valence-corrected chi connectivity index (χ3v) is 3.77. The minimum absolute atomic E-state index is 0.276. The molecule has 0 spiro atoms. The maximum absolute atomic E-state index is 12.9. The van der Waals surface area contributed by atoms with Crippen LogP contribution in [-0.4, -0.2) is 0 Å². The third kappa shape index (κ3) is 2.86. The van der Waals surface area contributed by atoms with Gasteiger partial charge in [0.2, 0.25) is 0 Å². The van der Waals surface area contributed by atoms with Gasteiger partial charge >= 0.3 is 5.63 Å². The first-order chi connectivity index (χ1) is 10.5. The summed E-state index contributed by atoms with van der Waals surface area (Å²) in [4.78, 5) is 11.7. The van der Waals surface area contributed by atoms with E-state index < -0.39 is 0 Å². The Bertz CT molecular complexity index is 882. The Morgan fingerprint density at radius 2 is 1.73 bits per heavy atom. The Morgan fingerprint density at radius 3 is 2.45 bits per heavy atom. The fourth-order valence-corrected chi connectivity index (χ4v) is 2.39. The van der Waals surface area contributed by atoms with Crippen LogP contribution in [0.4, 0.5) is 10.1 Å². The van der Waals surface area contributed by atoms with Crippen molar-refractivity contribution in [2.24, 2.45) is 0 Å². The van der Waals surface area contributed by atoms with Crippen LogP contribution in [0.2, 0.25) is 0 Å². The van der Waals surface area contributed by atoms with Gasteiger partial charge in [-0.25, -0.2) is 9.18 Å². The van der Waals surface area contributed by atoms with E-state index >= 15 is 0 Å². The summed E-state index contributed by atoms with van der Waals surface area (Å²) in [5.74, 6) is -0.276. The molecule has 0 aliphatic rings. The number of rotatable bonds is 3. The lowest BCUT2D eigenvalue weighted by molar-refractivity contribution is 0.559. The number of hydrogen-bond donors (Lipinski definition) is 1. The first kappa shape index (κ1) is 14.3. The van der Waals surface area contributed by atoms with Gasteiger partial charge in [-0.1, -0.05) is 0 Å². The SMILES string of the molecule is Cc1cc2oc(=O)cc(CNc3ccc(F)cc3)c2cc1C. The van der Waals surface area contributed by atoms with Crippen LogP contribution in [0.5, 0.6) is 0 Å². The fraction of sp³-hybridized carbons (Fsp3) is 0.167. The van der Waals surface area contributed by atoms with Crippen molar-refractivity contribution in [3.05, 3.63) is 75.4 Å². The molecular weight excluding hydrogens is 281 g/mol.